The van der Waals surface area contributed by atoms with Gasteiger partial charge in [-0.05, 0) is 19.1 Å². The number of hydrogen-bond acceptors (Lipinski definition) is 5. The second-order valence-corrected chi connectivity index (χ2v) is 6.36. The summed E-state index contributed by atoms with van der Waals surface area (Å²) in [5, 5.41) is 13.8. The number of amides is 1. The van der Waals surface area contributed by atoms with Crippen LogP contribution in [0.2, 0.25) is 5.02 Å². The third kappa shape index (κ3) is 5.40. The maximum Gasteiger partial charge on any atom is 0.309 e. The summed E-state index contributed by atoms with van der Waals surface area (Å²) in [4.78, 5) is 35.4. The molecule has 0 aliphatic carbocycles. The highest BCUT2D eigenvalue weighted by Gasteiger charge is 2.29. The number of likely N-dealkylation sites (tertiary alicyclic amines) is 1. The number of quaternary nitrogens is 1. The van der Waals surface area contributed by atoms with E-state index < -0.39 is 4.92 Å². The Morgan fingerprint density at radius 3 is 2.68 bits per heavy atom. The van der Waals surface area contributed by atoms with E-state index in [0.717, 1.165) is 4.90 Å². The largest absolute Gasteiger partial charge is 0.466 e. The summed E-state index contributed by atoms with van der Waals surface area (Å²) >= 11 is 5.76. The van der Waals surface area contributed by atoms with E-state index in [4.69, 9.17) is 16.3 Å². The van der Waals surface area contributed by atoms with Crippen LogP contribution in [0.15, 0.2) is 18.2 Å². The Bertz CT molecular complexity index is 659. The standard InChI is InChI=1S/C16H20ClN3O5/c1-2-25-16(22)11-5-7-19(8-6-11)10-15(21)18-13-4-3-12(17)9-14(13)20(23)24/h3-4,9,11H,2,5-8,10H2,1H3,(H,18,21)/p+1. The van der Waals surface area contributed by atoms with Gasteiger partial charge in [-0.2, -0.15) is 0 Å². The molecule has 2 rings (SSSR count). The molecule has 1 fully saturated rings. The molecule has 1 aromatic rings. The molecule has 1 amide bonds. The highest BCUT2D eigenvalue weighted by molar-refractivity contribution is 6.31. The van der Waals surface area contributed by atoms with E-state index in [-0.39, 0.29) is 40.7 Å². The van der Waals surface area contributed by atoms with Crippen LogP contribution in [-0.2, 0) is 14.3 Å². The Labute approximate surface area is 150 Å². The van der Waals surface area contributed by atoms with Gasteiger partial charge in [0.25, 0.3) is 11.6 Å². The van der Waals surface area contributed by atoms with E-state index in [1.165, 1.54) is 18.2 Å². The number of carbonyl (C=O) groups is 2. The maximum atomic E-state index is 12.2. The Hall–Kier alpha value is -2.19. The quantitative estimate of drug-likeness (QED) is 0.442. The number of nitro benzene ring substituents is 1. The van der Waals surface area contributed by atoms with E-state index >= 15 is 0 Å². The molecule has 2 N–H and O–H groups in total. The topological polar surface area (TPSA) is 103 Å². The van der Waals surface area contributed by atoms with Gasteiger partial charge in [-0.3, -0.25) is 19.7 Å². The predicted octanol–water partition coefficient (Wildman–Crippen LogP) is 1.04. The van der Waals surface area contributed by atoms with E-state index in [2.05, 4.69) is 5.32 Å². The second-order valence-electron chi connectivity index (χ2n) is 5.92. The zero-order chi connectivity index (χ0) is 18.4. The molecule has 0 saturated carbocycles. The van der Waals surface area contributed by atoms with Gasteiger partial charge >= 0.3 is 5.97 Å². The average Bonchev–Trinajstić information content (AvgIpc) is 2.57. The first-order valence-electron chi connectivity index (χ1n) is 8.14. The fourth-order valence-electron chi connectivity index (χ4n) is 2.88. The Kier molecular flexibility index (Phi) is 6.72. The van der Waals surface area contributed by atoms with Gasteiger partial charge < -0.3 is 15.0 Å². The van der Waals surface area contributed by atoms with Crippen LogP contribution < -0.4 is 10.2 Å². The molecule has 1 saturated heterocycles. The number of anilines is 1. The lowest BCUT2D eigenvalue weighted by molar-refractivity contribution is -0.897. The lowest BCUT2D eigenvalue weighted by Crippen LogP contribution is -3.14. The Balaban J connectivity index is 1.88. The number of ether oxygens (including phenoxy) is 1. The van der Waals surface area contributed by atoms with Crippen molar-refractivity contribution in [3.05, 3.63) is 33.3 Å². The van der Waals surface area contributed by atoms with Crippen LogP contribution in [0.5, 0.6) is 0 Å². The van der Waals surface area contributed by atoms with Gasteiger partial charge in [-0.1, -0.05) is 11.6 Å². The molecule has 1 aliphatic heterocycles. The Morgan fingerprint density at radius 1 is 1.40 bits per heavy atom. The van der Waals surface area contributed by atoms with Gasteiger partial charge in [-0.15, -0.1) is 0 Å². The van der Waals surface area contributed by atoms with Crippen molar-refractivity contribution in [2.45, 2.75) is 19.8 Å². The third-order valence-corrected chi connectivity index (χ3v) is 4.39. The zero-order valence-electron chi connectivity index (χ0n) is 13.9. The van der Waals surface area contributed by atoms with Gasteiger partial charge in [0, 0.05) is 23.9 Å². The SMILES string of the molecule is CCOC(=O)C1CC[NH+](CC(=O)Nc2ccc(Cl)cc2[N+](=O)[O-])CC1. The summed E-state index contributed by atoms with van der Waals surface area (Å²) in [5.41, 5.74) is -0.114. The summed E-state index contributed by atoms with van der Waals surface area (Å²) in [6, 6.07) is 4.11. The van der Waals surface area contributed by atoms with Gasteiger partial charge in [0.1, 0.15) is 5.69 Å². The molecule has 0 bridgehead atoms. The Morgan fingerprint density at radius 2 is 2.08 bits per heavy atom. The van der Waals surface area contributed by atoms with Crippen LogP contribution in [0.25, 0.3) is 0 Å². The van der Waals surface area contributed by atoms with Crippen LogP contribution in [0.3, 0.4) is 0 Å². The van der Waals surface area contributed by atoms with Crippen molar-refractivity contribution >= 4 is 34.9 Å². The van der Waals surface area contributed by atoms with Crippen LogP contribution in [-0.4, -0.2) is 43.0 Å². The van der Waals surface area contributed by atoms with Crippen LogP contribution in [0.1, 0.15) is 19.8 Å². The molecule has 136 valence electrons. The fourth-order valence-corrected chi connectivity index (χ4v) is 3.05. The first-order chi connectivity index (χ1) is 11.9. The molecule has 0 unspecified atom stereocenters. The molecule has 0 radical (unpaired) electrons. The molecule has 1 heterocycles. The van der Waals surface area contributed by atoms with Gasteiger partial charge in [-0.25, -0.2) is 0 Å². The molecule has 1 aromatic carbocycles. The minimum Gasteiger partial charge on any atom is -0.466 e. The number of nitro groups is 1. The second kappa shape index (κ2) is 8.77. The number of halogens is 1. The van der Waals surface area contributed by atoms with E-state index in [1.807, 2.05) is 0 Å². The highest BCUT2D eigenvalue weighted by Crippen LogP contribution is 2.27. The number of nitrogens with one attached hydrogen (secondary N) is 2. The van der Waals surface area contributed by atoms with Crippen molar-refractivity contribution < 1.29 is 24.1 Å². The van der Waals surface area contributed by atoms with E-state index in [9.17, 15) is 19.7 Å². The average molecular weight is 371 g/mol. The molecule has 0 aromatic heterocycles. The van der Waals surface area contributed by atoms with Crippen molar-refractivity contribution in [3.8, 4) is 0 Å². The van der Waals surface area contributed by atoms with Crippen molar-refractivity contribution in [1.29, 1.82) is 0 Å². The van der Waals surface area contributed by atoms with Gasteiger partial charge in [0.05, 0.1) is 30.5 Å². The number of hydrogen-bond donors (Lipinski definition) is 2. The van der Waals surface area contributed by atoms with Gasteiger partial charge in [0.15, 0.2) is 6.54 Å². The van der Waals surface area contributed by atoms with Crippen LogP contribution >= 0.6 is 11.6 Å². The first kappa shape index (κ1) is 19.1. The number of esters is 1. The molecule has 25 heavy (non-hydrogen) atoms. The number of piperidine rings is 1. The smallest absolute Gasteiger partial charge is 0.309 e. The van der Waals surface area contributed by atoms with Crippen molar-refractivity contribution in [2.75, 3.05) is 31.6 Å². The van der Waals surface area contributed by atoms with Crippen LogP contribution in [0, 0.1) is 16.0 Å². The summed E-state index contributed by atoms with van der Waals surface area (Å²) in [5.74, 6) is -0.595. The number of nitrogens with zero attached hydrogens (tertiary/aromatic N) is 1. The van der Waals surface area contributed by atoms with E-state index in [0.29, 0.717) is 32.5 Å². The molecular weight excluding hydrogens is 350 g/mol. The summed E-state index contributed by atoms with van der Waals surface area (Å²) < 4.78 is 5.02. The summed E-state index contributed by atoms with van der Waals surface area (Å²) in [6.07, 6.45) is 1.34. The maximum absolute atomic E-state index is 12.2. The molecule has 1 aliphatic rings. The van der Waals surface area contributed by atoms with Gasteiger partial charge in [0.2, 0.25) is 0 Å². The monoisotopic (exact) mass is 370 g/mol. The van der Waals surface area contributed by atoms with Crippen molar-refractivity contribution in [2.24, 2.45) is 5.92 Å². The summed E-state index contributed by atoms with van der Waals surface area (Å²) in [6.45, 7) is 3.70. The minimum atomic E-state index is -0.584. The molecule has 0 atom stereocenters. The summed E-state index contributed by atoms with van der Waals surface area (Å²) in [7, 11) is 0. The predicted molar refractivity (Wildman–Crippen MR) is 91.7 cm³/mol. The van der Waals surface area contributed by atoms with Crippen molar-refractivity contribution in [3.63, 3.8) is 0 Å². The lowest BCUT2D eigenvalue weighted by Gasteiger charge is -2.27. The normalized spacial score (nSPS) is 19.9. The van der Waals surface area contributed by atoms with E-state index in [1.54, 1.807) is 6.92 Å². The van der Waals surface area contributed by atoms with Crippen LogP contribution in [0.4, 0.5) is 11.4 Å². The third-order valence-electron chi connectivity index (χ3n) is 4.15. The molecule has 8 nitrogen and oxygen atoms in total. The fraction of sp³-hybridized carbons (Fsp3) is 0.500. The highest BCUT2D eigenvalue weighted by atomic mass is 35.5. The zero-order valence-corrected chi connectivity index (χ0v) is 14.7. The lowest BCUT2D eigenvalue weighted by atomic mass is 9.97. The number of benzene rings is 1. The number of rotatable bonds is 6. The molecule has 0 spiro atoms. The molecule has 9 heteroatoms. The van der Waals surface area contributed by atoms with Crippen molar-refractivity contribution in [1.82, 2.24) is 0 Å². The first-order valence-corrected chi connectivity index (χ1v) is 8.52. The number of carbonyl (C=O) groups excluding carboxylic acids is 2. The minimum absolute atomic E-state index is 0.107. The molecular formula is C16H21ClN3O5+.